The third-order valence-corrected chi connectivity index (χ3v) is 3.87. The molecule has 3 N–H and O–H groups in total. The normalized spacial score (nSPS) is 15.4. The lowest BCUT2D eigenvalue weighted by molar-refractivity contribution is -0.384. The van der Waals surface area contributed by atoms with Crippen molar-refractivity contribution >= 4 is 23.3 Å². The number of nitro groups is 1. The first-order valence-corrected chi connectivity index (χ1v) is 8.19. The standard InChI is InChI=1S/C16H23N5O4/c1-11(2)9-14(17)15(22)19-7-4-8-20(19)16(23)18-12-5-3-6-13(10-12)21(24)25/h3,5-6,10-11,14H,4,7-9,17H2,1-2H3,(H,18,23)/t14-/m0/s1. The fourth-order valence-corrected chi connectivity index (χ4v) is 2.74. The van der Waals surface area contributed by atoms with Crippen LogP contribution in [0.5, 0.6) is 0 Å². The number of benzene rings is 1. The van der Waals surface area contributed by atoms with Crippen LogP contribution in [0.3, 0.4) is 0 Å². The van der Waals surface area contributed by atoms with Crippen LogP contribution >= 0.6 is 0 Å². The van der Waals surface area contributed by atoms with E-state index in [-0.39, 0.29) is 17.5 Å². The van der Waals surface area contributed by atoms with Gasteiger partial charge < -0.3 is 11.1 Å². The second-order valence-corrected chi connectivity index (χ2v) is 6.41. The molecule has 136 valence electrons. The van der Waals surface area contributed by atoms with Gasteiger partial charge in [-0.25, -0.2) is 14.8 Å². The Balaban J connectivity index is 2.06. The highest BCUT2D eigenvalue weighted by atomic mass is 16.6. The van der Waals surface area contributed by atoms with Crippen LogP contribution in [-0.4, -0.2) is 46.0 Å². The summed E-state index contributed by atoms with van der Waals surface area (Å²) in [5.74, 6) is -0.0194. The number of hydrazine groups is 1. The molecule has 2 rings (SSSR count). The SMILES string of the molecule is CC(C)C[C@H](N)C(=O)N1CCCN1C(=O)Nc1cccc([N+](=O)[O-])c1. The van der Waals surface area contributed by atoms with Gasteiger partial charge in [-0.2, -0.15) is 0 Å². The number of anilines is 1. The maximum absolute atomic E-state index is 12.5. The van der Waals surface area contributed by atoms with Gasteiger partial charge in [0.05, 0.1) is 11.0 Å². The molecule has 1 atom stereocenters. The summed E-state index contributed by atoms with van der Waals surface area (Å²) < 4.78 is 0. The second-order valence-electron chi connectivity index (χ2n) is 6.41. The zero-order chi connectivity index (χ0) is 18.6. The van der Waals surface area contributed by atoms with Crippen LogP contribution < -0.4 is 11.1 Å². The molecule has 0 aliphatic carbocycles. The summed E-state index contributed by atoms with van der Waals surface area (Å²) in [6, 6.07) is 4.47. The maximum Gasteiger partial charge on any atom is 0.340 e. The minimum atomic E-state index is -0.661. The highest BCUT2D eigenvalue weighted by Gasteiger charge is 2.33. The molecule has 0 radical (unpaired) electrons. The lowest BCUT2D eigenvalue weighted by atomic mass is 10.0. The summed E-state index contributed by atoms with van der Waals surface area (Å²) in [6.07, 6.45) is 1.19. The molecular weight excluding hydrogens is 326 g/mol. The molecular formula is C16H23N5O4. The number of amides is 3. The fraction of sp³-hybridized carbons (Fsp3) is 0.500. The Bertz CT molecular complexity index is 664. The molecule has 9 nitrogen and oxygen atoms in total. The van der Waals surface area contributed by atoms with Gasteiger partial charge in [0.2, 0.25) is 0 Å². The zero-order valence-corrected chi connectivity index (χ0v) is 14.3. The molecule has 0 unspecified atom stereocenters. The monoisotopic (exact) mass is 349 g/mol. The van der Waals surface area contributed by atoms with Crippen molar-refractivity contribution in [3.8, 4) is 0 Å². The van der Waals surface area contributed by atoms with Gasteiger partial charge in [-0.3, -0.25) is 14.9 Å². The number of carbonyl (C=O) groups excluding carboxylic acids is 2. The van der Waals surface area contributed by atoms with E-state index in [9.17, 15) is 19.7 Å². The van der Waals surface area contributed by atoms with Crippen molar-refractivity contribution in [1.29, 1.82) is 0 Å². The van der Waals surface area contributed by atoms with Crippen LogP contribution in [0.4, 0.5) is 16.2 Å². The van der Waals surface area contributed by atoms with E-state index >= 15 is 0 Å². The minimum Gasteiger partial charge on any atom is -0.320 e. The summed E-state index contributed by atoms with van der Waals surface area (Å²) in [6.45, 7) is 4.77. The van der Waals surface area contributed by atoms with E-state index in [1.807, 2.05) is 13.8 Å². The van der Waals surface area contributed by atoms with Crippen LogP contribution in [-0.2, 0) is 4.79 Å². The van der Waals surface area contributed by atoms with E-state index in [4.69, 9.17) is 5.73 Å². The highest BCUT2D eigenvalue weighted by molar-refractivity contribution is 5.92. The molecule has 25 heavy (non-hydrogen) atoms. The van der Waals surface area contributed by atoms with Crippen molar-refractivity contribution in [3.05, 3.63) is 34.4 Å². The molecule has 1 saturated heterocycles. The van der Waals surface area contributed by atoms with E-state index < -0.39 is 17.0 Å². The van der Waals surface area contributed by atoms with Crippen molar-refractivity contribution in [2.75, 3.05) is 18.4 Å². The summed E-state index contributed by atoms with van der Waals surface area (Å²) >= 11 is 0. The number of nitrogens with one attached hydrogen (secondary N) is 1. The second kappa shape index (κ2) is 7.93. The van der Waals surface area contributed by atoms with E-state index in [2.05, 4.69) is 5.32 Å². The number of hydrogen-bond acceptors (Lipinski definition) is 5. The molecule has 0 aromatic heterocycles. The van der Waals surface area contributed by atoms with E-state index in [0.29, 0.717) is 31.6 Å². The average Bonchev–Trinajstić information content (AvgIpc) is 3.03. The molecule has 1 aromatic rings. The van der Waals surface area contributed by atoms with Gasteiger partial charge >= 0.3 is 6.03 Å². The third kappa shape index (κ3) is 4.66. The molecule has 0 saturated carbocycles. The molecule has 0 spiro atoms. The molecule has 1 aromatic carbocycles. The Hall–Kier alpha value is -2.68. The van der Waals surface area contributed by atoms with E-state index in [1.165, 1.54) is 28.2 Å². The van der Waals surface area contributed by atoms with Gasteiger partial charge in [-0.1, -0.05) is 19.9 Å². The molecule has 1 aliphatic rings. The first kappa shape index (κ1) is 18.7. The van der Waals surface area contributed by atoms with Gasteiger partial charge in [0, 0.05) is 30.9 Å². The molecule has 1 heterocycles. The maximum atomic E-state index is 12.5. The smallest absolute Gasteiger partial charge is 0.320 e. The lowest BCUT2D eigenvalue weighted by Crippen LogP contribution is -2.52. The lowest BCUT2D eigenvalue weighted by Gasteiger charge is -2.30. The van der Waals surface area contributed by atoms with E-state index in [0.717, 1.165) is 0 Å². The Labute approximate surface area is 145 Å². The Morgan fingerprint density at radius 1 is 1.32 bits per heavy atom. The van der Waals surface area contributed by atoms with Crippen LogP contribution in [0, 0.1) is 16.0 Å². The van der Waals surface area contributed by atoms with Gasteiger partial charge in [0.15, 0.2) is 0 Å². The number of nitrogens with zero attached hydrogens (tertiary/aromatic N) is 3. The number of non-ortho nitro benzene ring substituents is 1. The number of urea groups is 1. The molecule has 9 heteroatoms. The topological polar surface area (TPSA) is 122 Å². The predicted molar refractivity (Wildman–Crippen MR) is 92.6 cm³/mol. The summed E-state index contributed by atoms with van der Waals surface area (Å²) in [5.41, 5.74) is 6.12. The quantitative estimate of drug-likeness (QED) is 0.621. The van der Waals surface area contributed by atoms with E-state index in [1.54, 1.807) is 6.07 Å². The van der Waals surface area contributed by atoms with Gasteiger partial charge in [-0.15, -0.1) is 0 Å². The molecule has 1 fully saturated rings. The minimum absolute atomic E-state index is 0.119. The Morgan fingerprint density at radius 2 is 2.00 bits per heavy atom. The van der Waals surface area contributed by atoms with Gasteiger partial charge in [0.1, 0.15) is 0 Å². The van der Waals surface area contributed by atoms with Crippen LogP contribution in [0.1, 0.15) is 26.7 Å². The van der Waals surface area contributed by atoms with Crippen molar-refractivity contribution in [2.24, 2.45) is 11.7 Å². The van der Waals surface area contributed by atoms with Crippen molar-refractivity contribution in [1.82, 2.24) is 10.0 Å². The van der Waals surface area contributed by atoms with Crippen LogP contribution in [0.2, 0.25) is 0 Å². The van der Waals surface area contributed by atoms with Crippen molar-refractivity contribution < 1.29 is 14.5 Å². The number of nitro benzene ring substituents is 1. The van der Waals surface area contributed by atoms with Crippen LogP contribution in [0.15, 0.2) is 24.3 Å². The van der Waals surface area contributed by atoms with Gasteiger partial charge in [-0.05, 0) is 24.8 Å². The molecule has 0 bridgehead atoms. The van der Waals surface area contributed by atoms with Gasteiger partial charge in [0.25, 0.3) is 11.6 Å². The number of carbonyl (C=O) groups is 2. The third-order valence-electron chi connectivity index (χ3n) is 3.87. The first-order valence-electron chi connectivity index (χ1n) is 8.19. The summed E-state index contributed by atoms with van der Waals surface area (Å²) in [4.78, 5) is 35.2. The number of hydrogen-bond donors (Lipinski definition) is 2. The van der Waals surface area contributed by atoms with Crippen molar-refractivity contribution in [2.45, 2.75) is 32.7 Å². The molecule has 3 amide bonds. The Morgan fingerprint density at radius 3 is 2.64 bits per heavy atom. The van der Waals surface area contributed by atoms with Crippen molar-refractivity contribution in [3.63, 3.8) is 0 Å². The zero-order valence-electron chi connectivity index (χ0n) is 14.3. The summed E-state index contributed by atoms with van der Waals surface area (Å²) in [5, 5.41) is 16.1. The first-order chi connectivity index (χ1) is 11.8. The summed E-state index contributed by atoms with van der Waals surface area (Å²) in [7, 11) is 0. The number of nitrogens with two attached hydrogens (primary N) is 1. The number of rotatable bonds is 5. The fourth-order valence-electron chi connectivity index (χ4n) is 2.74. The molecule has 1 aliphatic heterocycles. The average molecular weight is 349 g/mol. The Kier molecular flexibility index (Phi) is 5.92. The highest BCUT2D eigenvalue weighted by Crippen LogP contribution is 2.20. The van der Waals surface area contributed by atoms with Crippen LogP contribution in [0.25, 0.3) is 0 Å². The largest absolute Gasteiger partial charge is 0.340 e. The predicted octanol–water partition coefficient (Wildman–Crippen LogP) is 1.95.